The van der Waals surface area contributed by atoms with E-state index in [0.29, 0.717) is 16.3 Å². The van der Waals surface area contributed by atoms with Crippen molar-refractivity contribution in [2.45, 2.75) is 0 Å². The van der Waals surface area contributed by atoms with Crippen LogP contribution in [0.2, 0.25) is 0 Å². The van der Waals surface area contributed by atoms with Gasteiger partial charge in [0.25, 0.3) is 5.69 Å². The van der Waals surface area contributed by atoms with Crippen LogP contribution < -0.4 is 0 Å². The number of rotatable bonds is 4. The molecule has 138 valence electrons. The normalized spacial score (nSPS) is 11.3. The molecule has 28 heavy (non-hydrogen) atoms. The Labute approximate surface area is 163 Å². The molecule has 0 saturated heterocycles. The summed E-state index contributed by atoms with van der Waals surface area (Å²) in [6.07, 6.45) is 1.34. The number of nitro groups is 1. The molecule has 8 heteroatoms. The number of aromatic nitrogens is 1. The van der Waals surface area contributed by atoms with Gasteiger partial charge in [-0.2, -0.15) is 0 Å². The number of fused-ring (bicyclic) bond motifs is 1. The molecule has 3 aromatic carbocycles. The summed E-state index contributed by atoms with van der Waals surface area (Å²) >= 11 is 1.46. The molecule has 4 aromatic rings. The first-order chi connectivity index (χ1) is 13.5. The number of hydrogen-bond donors (Lipinski definition) is 2. The highest BCUT2D eigenvalue weighted by atomic mass is 32.1. The topological polar surface area (TPSA) is 109 Å². The molecule has 0 aliphatic heterocycles. The first-order valence-corrected chi connectivity index (χ1v) is 9.03. The van der Waals surface area contributed by atoms with Crippen LogP contribution in [0.4, 0.5) is 11.4 Å². The monoisotopic (exact) mass is 391 g/mol. The SMILES string of the molecule is O=[N+]([O-])c1ccc(O)c(C=Nc2ccc(O)c(-c3nc4ccccc4s3)c2)c1. The summed E-state index contributed by atoms with van der Waals surface area (Å²) in [5.41, 5.74) is 1.98. The average Bonchev–Trinajstić information content (AvgIpc) is 3.12. The van der Waals surface area contributed by atoms with Gasteiger partial charge in [-0.25, -0.2) is 4.98 Å². The van der Waals surface area contributed by atoms with E-state index in [0.717, 1.165) is 10.2 Å². The lowest BCUT2D eigenvalue weighted by Gasteiger charge is -2.03. The highest BCUT2D eigenvalue weighted by Gasteiger charge is 2.12. The van der Waals surface area contributed by atoms with E-state index in [1.54, 1.807) is 12.1 Å². The summed E-state index contributed by atoms with van der Waals surface area (Å²) in [5.74, 6) is -0.0317. The minimum atomic E-state index is -0.539. The van der Waals surface area contributed by atoms with Crippen molar-refractivity contribution >= 4 is 39.1 Å². The quantitative estimate of drug-likeness (QED) is 0.288. The number of nitro benzene ring substituents is 1. The van der Waals surface area contributed by atoms with Crippen LogP contribution in [0.25, 0.3) is 20.8 Å². The Kier molecular flexibility index (Phi) is 4.46. The second-order valence-electron chi connectivity index (χ2n) is 5.95. The molecule has 2 N–H and O–H groups in total. The van der Waals surface area contributed by atoms with Gasteiger partial charge in [-0.1, -0.05) is 12.1 Å². The molecule has 0 unspecified atom stereocenters. The minimum Gasteiger partial charge on any atom is -0.507 e. The van der Waals surface area contributed by atoms with Crippen LogP contribution in [0.5, 0.6) is 11.5 Å². The average molecular weight is 391 g/mol. The molecule has 0 saturated carbocycles. The number of para-hydroxylation sites is 1. The highest BCUT2D eigenvalue weighted by Crippen LogP contribution is 2.37. The number of nitrogens with zero attached hydrogens (tertiary/aromatic N) is 3. The first-order valence-electron chi connectivity index (χ1n) is 8.22. The second kappa shape index (κ2) is 7.09. The van der Waals surface area contributed by atoms with E-state index in [9.17, 15) is 20.3 Å². The molecule has 1 heterocycles. The Hall–Kier alpha value is -3.78. The smallest absolute Gasteiger partial charge is 0.270 e. The van der Waals surface area contributed by atoms with E-state index in [2.05, 4.69) is 9.98 Å². The summed E-state index contributed by atoms with van der Waals surface area (Å²) in [5, 5.41) is 31.7. The zero-order valence-electron chi connectivity index (χ0n) is 14.3. The van der Waals surface area contributed by atoms with Gasteiger partial charge in [0.2, 0.25) is 0 Å². The lowest BCUT2D eigenvalue weighted by atomic mass is 10.1. The fourth-order valence-corrected chi connectivity index (χ4v) is 3.66. The molecule has 0 atom stereocenters. The maximum absolute atomic E-state index is 10.9. The summed E-state index contributed by atoms with van der Waals surface area (Å²) in [7, 11) is 0. The lowest BCUT2D eigenvalue weighted by Crippen LogP contribution is -1.90. The molecule has 0 radical (unpaired) electrons. The maximum Gasteiger partial charge on any atom is 0.270 e. The van der Waals surface area contributed by atoms with Gasteiger partial charge in [-0.15, -0.1) is 11.3 Å². The zero-order valence-corrected chi connectivity index (χ0v) is 15.1. The molecule has 0 fully saturated rings. The Balaban J connectivity index is 1.70. The van der Waals surface area contributed by atoms with E-state index in [1.165, 1.54) is 41.8 Å². The van der Waals surface area contributed by atoms with Crippen LogP contribution in [-0.2, 0) is 0 Å². The largest absolute Gasteiger partial charge is 0.507 e. The van der Waals surface area contributed by atoms with E-state index in [-0.39, 0.29) is 22.7 Å². The van der Waals surface area contributed by atoms with Crippen LogP contribution >= 0.6 is 11.3 Å². The van der Waals surface area contributed by atoms with E-state index in [4.69, 9.17) is 0 Å². The van der Waals surface area contributed by atoms with Crippen molar-refractivity contribution < 1.29 is 15.1 Å². The molecule has 4 rings (SSSR count). The number of phenolic OH excluding ortho intramolecular Hbond substituents is 2. The van der Waals surface area contributed by atoms with E-state index in [1.807, 2.05) is 24.3 Å². The van der Waals surface area contributed by atoms with Gasteiger partial charge in [-0.3, -0.25) is 15.1 Å². The minimum absolute atomic E-state index is 0.0798. The van der Waals surface area contributed by atoms with Crippen molar-refractivity contribution in [3.8, 4) is 22.1 Å². The number of non-ortho nitro benzene ring substituents is 1. The van der Waals surface area contributed by atoms with Crippen LogP contribution in [0.3, 0.4) is 0 Å². The van der Waals surface area contributed by atoms with Crippen LogP contribution in [0.15, 0.2) is 65.7 Å². The van der Waals surface area contributed by atoms with Crippen molar-refractivity contribution in [2.24, 2.45) is 4.99 Å². The van der Waals surface area contributed by atoms with E-state index >= 15 is 0 Å². The summed E-state index contributed by atoms with van der Waals surface area (Å²) in [6.45, 7) is 0. The molecular formula is C20H13N3O4S. The van der Waals surface area contributed by atoms with Gasteiger partial charge in [0, 0.05) is 23.9 Å². The second-order valence-corrected chi connectivity index (χ2v) is 6.98. The molecule has 0 spiro atoms. The number of phenols is 2. The number of aliphatic imine (C=N–C) groups is 1. The molecule has 0 aliphatic carbocycles. The molecule has 0 amide bonds. The third kappa shape index (κ3) is 3.40. The van der Waals surface area contributed by atoms with Gasteiger partial charge in [0.15, 0.2) is 0 Å². The van der Waals surface area contributed by atoms with Gasteiger partial charge in [-0.05, 0) is 36.4 Å². The Morgan fingerprint density at radius 2 is 1.82 bits per heavy atom. The summed E-state index contributed by atoms with van der Waals surface area (Å²) in [4.78, 5) is 19.2. The third-order valence-electron chi connectivity index (χ3n) is 4.08. The summed E-state index contributed by atoms with van der Waals surface area (Å²) < 4.78 is 1.01. The van der Waals surface area contributed by atoms with Gasteiger partial charge >= 0.3 is 0 Å². The molecule has 1 aromatic heterocycles. The van der Waals surface area contributed by atoms with E-state index < -0.39 is 4.92 Å². The number of benzene rings is 3. The Morgan fingerprint density at radius 1 is 1.04 bits per heavy atom. The number of aromatic hydroxyl groups is 2. The van der Waals surface area contributed by atoms with Crippen LogP contribution in [0, 0.1) is 10.1 Å². The van der Waals surface area contributed by atoms with Gasteiger partial charge < -0.3 is 10.2 Å². The molecule has 7 nitrogen and oxygen atoms in total. The van der Waals surface area contributed by atoms with Crippen LogP contribution in [0.1, 0.15) is 5.56 Å². The van der Waals surface area contributed by atoms with Crippen molar-refractivity contribution in [3.63, 3.8) is 0 Å². The number of hydrogen-bond acceptors (Lipinski definition) is 7. The van der Waals surface area contributed by atoms with Crippen molar-refractivity contribution in [3.05, 3.63) is 76.3 Å². The Bertz CT molecular complexity index is 1200. The number of thiazole rings is 1. The molecular weight excluding hydrogens is 378 g/mol. The fourth-order valence-electron chi connectivity index (χ4n) is 2.67. The molecule has 0 aliphatic rings. The predicted molar refractivity (Wildman–Crippen MR) is 109 cm³/mol. The van der Waals surface area contributed by atoms with Crippen molar-refractivity contribution in [2.75, 3.05) is 0 Å². The molecule has 0 bridgehead atoms. The highest BCUT2D eigenvalue weighted by molar-refractivity contribution is 7.21. The van der Waals surface area contributed by atoms with Crippen molar-refractivity contribution in [1.29, 1.82) is 0 Å². The standard InChI is InChI=1S/C20H13N3O4S/c24-17-8-6-14(23(26)27)9-12(17)11-21-13-5-7-18(25)15(10-13)20-22-16-3-1-2-4-19(16)28-20/h1-11,24-25H. The third-order valence-corrected chi connectivity index (χ3v) is 5.15. The predicted octanol–water partition coefficient (Wildman–Crippen LogP) is 5.03. The zero-order chi connectivity index (χ0) is 19.7. The fraction of sp³-hybridized carbons (Fsp3) is 0. The summed E-state index contributed by atoms with van der Waals surface area (Å²) in [6, 6.07) is 16.2. The Morgan fingerprint density at radius 3 is 2.61 bits per heavy atom. The van der Waals surface area contributed by atoms with Crippen LogP contribution in [-0.4, -0.2) is 26.3 Å². The first kappa shape index (κ1) is 17.6. The van der Waals surface area contributed by atoms with Crippen molar-refractivity contribution in [1.82, 2.24) is 4.98 Å². The lowest BCUT2D eigenvalue weighted by molar-refractivity contribution is -0.384. The van der Waals surface area contributed by atoms with Gasteiger partial charge in [0.05, 0.1) is 26.4 Å². The maximum atomic E-state index is 10.9. The van der Waals surface area contributed by atoms with Gasteiger partial charge in [0.1, 0.15) is 16.5 Å².